The van der Waals surface area contributed by atoms with E-state index in [1.807, 2.05) is 4.90 Å². The zero-order chi connectivity index (χ0) is 15.5. The maximum Gasteiger partial charge on any atom is 0.433 e. The number of piperazine rings is 1. The number of carbonyl (C=O) groups is 1. The van der Waals surface area contributed by atoms with Crippen LogP contribution in [-0.4, -0.2) is 60.5 Å². The molecular weight excluding hydrogens is 287 g/mol. The van der Waals surface area contributed by atoms with E-state index < -0.39 is 11.9 Å². The van der Waals surface area contributed by atoms with Crippen molar-refractivity contribution in [2.24, 2.45) is 0 Å². The molecule has 0 saturated carbocycles. The minimum absolute atomic E-state index is 0.0735. The molecule has 1 aliphatic rings. The Morgan fingerprint density at radius 1 is 1.33 bits per heavy atom. The van der Waals surface area contributed by atoms with Gasteiger partial charge in [-0.25, -0.2) is 9.97 Å². The summed E-state index contributed by atoms with van der Waals surface area (Å²) >= 11 is 0. The number of hydrogen-bond donors (Lipinski definition) is 1. The molecule has 0 aliphatic carbocycles. The van der Waals surface area contributed by atoms with Gasteiger partial charge in [-0.15, -0.1) is 0 Å². The van der Waals surface area contributed by atoms with Gasteiger partial charge in [0.15, 0.2) is 0 Å². The largest absolute Gasteiger partial charge is 0.433 e. The van der Waals surface area contributed by atoms with E-state index in [9.17, 15) is 18.0 Å². The first-order valence-corrected chi connectivity index (χ1v) is 6.48. The molecule has 0 unspecified atom stereocenters. The summed E-state index contributed by atoms with van der Waals surface area (Å²) in [5, 5.41) is 2.54. The van der Waals surface area contributed by atoms with Gasteiger partial charge in [0.1, 0.15) is 5.69 Å². The Morgan fingerprint density at radius 2 is 2.00 bits per heavy atom. The summed E-state index contributed by atoms with van der Waals surface area (Å²) in [4.78, 5) is 22.4. The molecule has 1 saturated heterocycles. The fraction of sp³-hybridized carbons (Fsp3) is 0.583. The van der Waals surface area contributed by atoms with Gasteiger partial charge in [0.2, 0.25) is 11.9 Å². The second-order valence-electron chi connectivity index (χ2n) is 4.68. The average molecular weight is 303 g/mol. The van der Waals surface area contributed by atoms with Crippen LogP contribution in [-0.2, 0) is 11.0 Å². The van der Waals surface area contributed by atoms with Crippen LogP contribution in [0.1, 0.15) is 5.69 Å². The first-order valence-electron chi connectivity index (χ1n) is 6.48. The van der Waals surface area contributed by atoms with Gasteiger partial charge in [0, 0.05) is 39.4 Å². The zero-order valence-electron chi connectivity index (χ0n) is 11.5. The van der Waals surface area contributed by atoms with Crippen molar-refractivity contribution in [1.29, 1.82) is 0 Å². The Kier molecular flexibility index (Phi) is 4.61. The van der Waals surface area contributed by atoms with Crippen LogP contribution < -0.4 is 10.2 Å². The van der Waals surface area contributed by atoms with E-state index in [-0.39, 0.29) is 18.4 Å². The molecule has 1 N–H and O–H groups in total. The summed E-state index contributed by atoms with van der Waals surface area (Å²) in [7, 11) is 1.56. The number of halogens is 3. The molecule has 0 spiro atoms. The van der Waals surface area contributed by atoms with Crippen molar-refractivity contribution in [3.05, 3.63) is 18.0 Å². The lowest BCUT2D eigenvalue weighted by Gasteiger charge is -2.34. The Bertz CT molecular complexity index is 500. The van der Waals surface area contributed by atoms with E-state index in [4.69, 9.17) is 0 Å². The predicted octanol–water partition coefficient (Wildman–Crippen LogP) is 0.363. The molecule has 1 aromatic heterocycles. The second kappa shape index (κ2) is 6.25. The normalized spacial score (nSPS) is 16.9. The lowest BCUT2D eigenvalue weighted by Crippen LogP contribution is -2.49. The quantitative estimate of drug-likeness (QED) is 0.874. The number of carbonyl (C=O) groups excluding carboxylic acids is 1. The molecule has 6 nitrogen and oxygen atoms in total. The van der Waals surface area contributed by atoms with E-state index in [0.29, 0.717) is 26.2 Å². The summed E-state index contributed by atoms with van der Waals surface area (Å²) in [6.45, 7) is 2.41. The molecular formula is C12H16F3N5O. The smallest absolute Gasteiger partial charge is 0.358 e. The summed E-state index contributed by atoms with van der Waals surface area (Å²) in [6, 6.07) is 0.853. The molecule has 1 aromatic rings. The van der Waals surface area contributed by atoms with Gasteiger partial charge in [0.25, 0.3) is 0 Å². The summed E-state index contributed by atoms with van der Waals surface area (Å²) in [5.41, 5.74) is -0.944. The SMILES string of the molecule is CNC(=O)CN1CCN(c2nccc(C(F)(F)F)n2)CC1. The molecule has 1 aliphatic heterocycles. The van der Waals surface area contributed by atoms with Gasteiger partial charge in [-0.05, 0) is 6.07 Å². The number of likely N-dealkylation sites (N-methyl/N-ethyl adjacent to an activating group) is 1. The summed E-state index contributed by atoms with van der Waals surface area (Å²) in [6.07, 6.45) is -3.36. The highest BCUT2D eigenvalue weighted by atomic mass is 19.4. The third kappa shape index (κ3) is 4.03. The van der Waals surface area contributed by atoms with E-state index in [0.717, 1.165) is 12.3 Å². The highest BCUT2D eigenvalue weighted by Gasteiger charge is 2.33. The van der Waals surface area contributed by atoms with Crippen LogP contribution in [0.2, 0.25) is 0 Å². The predicted molar refractivity (Wildman–Crippen MR) is 69.8 cm³/mol. The average Bonchev–Trinajstić information content (AvgIpc) is 2.47. The van der Waals surface area contributed by atoms with Crippen molar-refractivity contribution in [3.63, 3.8) is 0 Å². The van der Waals surface area contributed by atoms with Crippen LogP contribution in [0.4, 0.5) is 19.1 Å². The van der Waals surface area contributed by atoms with Gasteiger partial charge in [-0.1, -0.05) is 0 Å². The summed E-state index contributed by atoms with van der Waals surface area (Å²) in [5.74, 6) is -0.0109. The molecule has 0 atom stereocenters. The fourth-order valence-electron chi connectivity index (χ4n) is 2.05. The first-order chi connectivity index (χ1) is 9.90. The topological polar surface area (TPSA) is 61.4 Å². The monoisotopic (exact) mass is 303 g/mol. The van der Waals surface area contributed by atoms with E-state index in [2.05, 4.69) is 15.3 Å². The zero-order valence-corrected chi connectivity index (χ0v) is 11.5. The Labute approximate surface area is 120 Å². The number of rotatable bonds is 3. The van der Waals surface area contributed by atoms with Gasteiger partial charge in [0.05, 0.1) is 6.54 Å². The maximum atomic E-state index is 12.6. The number of amides is 1. The van der Waals surface area contributed by atoms with Crippen molar-refractivity contribution in [1.82, 2.24) is 20.2 Å². The third-order valence-corrected chi connectivity index (χ3v) is 3.23. The minimum atomic E-state index is -4.47. The number of anilines is 1. The lowest BCUT2D eigenvalue weighted by molar-refractivity contribution is -0.141. The van der Waals surface area contributed by atoms with Crippen LogP contribution in [0.5, 0.6) is 0 Å². The molecule has 21 heavy (non-hydrogen) atoms. The maximum absolute atomic E-state index is 12.6. The number of nitrogens with one attached hydrogen (secondary N) is 1. The van der Waals surface area contributed by atoms with Crippen LogP contribution >= 0.6 is 0 Å². The Hall–Kier alpha value is -1.90. The van der Waals surface area contributed by atoms with Gasteiger partial charge in [-0.3, -0.25) is 9.69 Å². The van der Waals surface area contributed by atoms with Gasteiger partial charge >= 0.3 is 6.18 Å². The third-order valence-electron chi connectivity index (χ3n) is 3.23. The highest BCUT2D eigenvalue weighted by molar-refractivity contribution is 5.77. The Morgan fingerprint density at radius 3 is 2.57 bits per heavy atom. The number of alkyl halides is 3. The summed E-state index contributed by atoms with van der Waals surface area (Å²) < 4.78 is 37.9. The molecule has 1 amide bonds. The number of aromatic nitrogens is 2. The molecule has 2 heterocycles. The van der Waals surface area contributed by atoms with Crippen LogP contribution in [0.25, 0.3) is 0 Å². The molecule has 2 rings (SSSR count). The van der Waals surface area contributed by atoms with Crippen molar-refractivity contribution >= 4 is 11.9 Å². The molecule has 0 aromatic carbocycles. The molecule has 1 fully saturated rings. The van der Waals surface area contributed by atoms with Crippen LogP contribution in [0.15, 0.2) is 12.3 Å². The standard InChI is InChI=1S/C12H16F3N5O/c1-16-10(21)8-19-4-6-20(7-5-19)11-17-3-2-9(18-11)12(13,14)15/h2-3H,4-8H2,1H3,(H,16,21). The minimum Gasteiger partial charge on any atom is -0.358 e. The van der Waals surface area contributed by atoms with Gasteiger partial charge < -0.3 is 10.2 Å². The first kappa shape index (κ1) is 15.5. The second-order valence-corrected chi connectivity index (χ2v) is 4.68. The lowest BCUT2D eigenvalue weighted by atomic mass is 10.3. The van der Waals surface area contributed by atoms with E-state index in [1.165, 1.54) is 0 Å². The van der Waals surface area contributed by atoms with E-state index >= 15 is 0 Å². The highest BCUT2D eigenvalue weighted by Crippen LogP contribution is 2.28. The van der Waals surface area contributed by atoms with Crippen molar-refractivity contribution in [2.75, 3.05) is 44.7 Å². The van der Waals surface area contributed by atoms with E-state index in [1.54, 1.807) is 11.9 Å². The molecule has 116 valence electrons. The van der Waals surface area contributed by atoms with Gasteiger partial charge in [-0.2, -0.15) is 13.2 Å². The Balaban J connectivity index is 1.98. The molecule has 0 bridgehead atoms. The van der Waals surface area contributed by atoms with Crippen molar-refractivity contribution < 1.29 is 18.0 Å². The molecule has 9 heteroatoms. The molecule has 0 radical (unpaired) electrons. The fourth-order valence-corrected chi connectivity index (χ4v) is 2.05. The van der Waals surface area contributed by atoms with Crippen LogP contribution in [0.3, 0.4) is 0 Å². The van der Waals surface area contributed by atoms with Crippen LogP contribution in [0, 0.1) is 0 Å². The number of hydrogen-bond acceptors (Lipinski definition) is 5. The van der Waals surface area contributed by atoms with Crippen molar-refractivity contribution in [3.8, 4) is 0 Å². The van der Waals surface area contributed by atoms with Crippen molar-refractivity contribution in [2.45, 2.75) is 6.18 Å². The number of nitrogens with zero attached hydrogens (tertiary/aromatic N) is 4.